The summed E-state index contributed by atoms with van der Waals surface area (Å²) in [5.41, 5.74) is 8.03. The molecule has 2 saturated heterocycles. The van der Waals surface area contributed by atoms with Gasteiger partial charge in [0.25, 0.3) is 10.0 Å². The summed E-state index contributed by atoms with van der Waals surface area (Å²) >= 11 is 0. The standard InChI is InChI=1S/C25H34N8O3S/c1-17-5-4-8-32(17)20-12-22(30-24(13-20)37(34,35)27-2)18-11-23(25(26)28-14-18)36-21-15-29-33(16-21)19-6-9-31(3)10-7-19/h11-17,19,27H,4-10H2,1-3H3,(H2,26,28)/t17-/m1/s1. The fourth-order valence-electron chi connectivity index (χ4n) is 5.00. The number of sulfonamides is 1. The Morgan fingerprint density at radius 2 is 1.89 bits per heavy atom. The maximum Gasteiger partial charge on any atom is 0.257 e. The van der Waals surface area contributed by atoms with Crippen LogP contribution in [0.1, 0.15) is 38.6 Å². The Morgan fingerprint density at radius 1 is 1.11 bits per heavy atom. The first-order valence-electron chi connectivity index (χ1n) is 12.6. The lowest BCUT2D eigenvalue weighted by molar-refractivity contribution is 0.212. The number of piperidine rings is 1. The molecule has 5 rings (SSSR count). The first kappa shape index (κ1) is 25.4. The Kier molecular flexibility index (Phi) is 7.06. The summed E-state index contributed by atoms with van der Waals surface area (Å²) < 4.78 is 35.8. The summed E-state index contributed by atoms with van der Waals surface area (Å²) in [7, 11) is -0.246. The molecule has 0 amide bonds. The van der Waals surface area contributed by atoms with Gasteiger partial charge in [0.2, 0.25) is 0 Å². The molecule has 2 aliphatic heterocycles. The van der Waals surface area contributed by atoms with Crippen LogP contribution in [0.5, 0.6) is 11.5 Å². The molecule has 5 heterocycles. The minimum Gasteiger partial charge on any atom is -0.450 e. The van der Waals surface area contributed by atoms with E-state index in [1.54, 1.807) is 24.5 Å². The average Bonchev–Trinajstić information content (AvgIpc) is 3.54. The highest BCUT2D eigenvalue weighted by atomic mass is 32.2. The number of ether oxygens (including phenoxy) is 1. The normalized spacial score (nSPS) is 19.4. The van der Waals surface area contributed by atoms with Crippen molar-refractivity contribution in [2.24, 2.45) is 0 Å². The molecular weight excluding hydrogens is 492 g/mol. The number of pyridine rings is 2. The summed E-state index contributed by atoms with van der Waals surface area (Å²) in [4.78, 5) is 13.3. The van der Waals surface area contributed by atoms with Gasteiger partial charge in [-0.2, -0.15) is 5.10 Å². The molecular formula is C25H34N8O3S. The van der Waals surface area contributed by atoms with Gasteiger partial charge in [-0.05, 0) is 71.9 Å². The Bertz CT molecular complexity index is 1370. The molecule has 3 aromatic rings. The third-order valence-corrected chi connectivity index (χ3v) is 8.56. The van der Waals surface area contributed by atoms with Crippen LogP contribution in [-0.2, 0) is 10.0 Å². The van der Waals surface area contributed by atoms with E-state index in [-0.39, 0.29) is 10.8 Å². The zero-order valence-corrected chi connectivity index (χ0v) is 22.3. The number of hydrogen-bond acceptors (Lipinski definition) is 9. The number of nitrogens with zero attached hydrogens (tertiary/aromatic N) is 6. The van der Waals surface area contributed by atoms with Gasteiger partial charge >= 0.3 is 0 Å². The highest BCUT2D eigenvalue weighted by molar-refractivity contribution is 7.89. The van der Waals surface area contributed by atoms with Crippen molar-refractivity contribution in [3.05, 3.63) is 36.8 Å². The average molecular weight is 527 g/mol. The largest absolute Gasteiger partial charge is 0.450 e. The van der Waals surface area contributed by atoms with Crippen molar-refractivity contribution in [1.82, 2.24) is 29.4 Å². The monoisotopic (exact) mass is 526 g/mol. The van der Waals surface area contributed by atoms with Crippen LogP contribution in [0.2, 0.25) is 0 Å². The molecule has 1 atom stereocenters. The SMILES string of the molecule is CNS(=O)(=O)c1cc(N2CCC[C@H]2C)cc(-c2cnc(N)c(Oc3cnn(C4CCN(C)CC4)c3)c2)n1. The number of nitrogens with two attached hydrogens (primary N) is 1. The summed E-state index contributed by atoms with van der Waals surface area (Å²) in [5.74, 6) is 1.15. The van der Waals surface area contributed by atoms with Crippen molar-refractivity contribution in [3.8, 4) is 22.8 Å². The van der Waals surface area contributed by atoms with Gasteiger partial charge in [-0.3, -0.25) is 4.68 Å². The molecule has 0 bridgehead atoms. The van der Waals surface area contributed by atoms with Crippen molar-refractivity contribution in [2.45, 2.75) is 49.7 Å². The van der Waals surface area contributed by atoms with Crippen molar-refractivity contribution >= 4 is 21.5 Å². The van der Waals surface area contributed by atoms with Crippen LogP contribution in [0.4, 0.5) is 11.5 Å². The van der Waals surface area contributed by atoms with Crippen LogP contribution in [0, 0.1) is 0 Å². The Balaban J connectivity index is 1.45. The second-order valence-corrected chi connectivity index (χ2v) is 11.7. The van der Waals surface area contributed by atoms with Crippen molar-refractivity contribution in [1.29, 1.82) is 0 Å². The van der Waals surface area contributed by atoms with Crippen LogP contribution in [-0.4, -0.2) is 72.8 Å². The summed E-state index contributed by atoms with van der Waals surface area (Å²) in [5, 5.41) is 4.46. The first-order valence-corrected chi connectivity index (χ1v) is 14.1. The van der Waals surface area contributed by atoms with E-state index in [9.17, 15) is 8.42 Å². The molecule has 0 spiro atoms. The van der Waals surface area contributed by atoms with Gasteiger partial charge in [0.05, 0.1) is 24.1 Å². The van der Waals surface area contributed by atoms with E-state index in [4.69, 9.17) is 10.5 Å². The highest BCUT2D eigenvalue weighted by Crippen LogP contribution is 2.34. The molecule has 12 heteroatoms. The molecule has 11 nitrogen and oxygen atoms in total. The second-order valence-electron chi connectivity index (χ2n) is 9.84. The van der Waals surface area contributed by atoms with E-state index < -0.39 is 10.0 Å². The number of anilines is 2. The molecule has 198 valence electrons. The minimum absolute atomic E-state index is 0.0414. The van der Waals surface area contributed by atoms with Gasteiger partial charge in [0, 0.05) is 36.1 Å². The zero-order chi connectivity index (χ0) is 26.2. The first-order chi connectivity index (χ1) is 17.7. The maximum atomic E-state index is 12.7. The topological polar surface area (TPSA) is 132 Å². The molecule has 3 N–H and O–H groups in total. The van der Waals surface area contributed by atoms with Gasteiger partial charge in [0.1, 0.15) is 0 Å². The molecule has 2 aliphatic rings. The van der Waals surface area contributed by atoms with Crippen molar-refractivity contribution in [3.63, 3.8) is 0 Å². The van der Waals surface area contributed by atoms with Crippen molar-refractivity contribution < 1.29 is 13.2 Å². The molecule has 0 aromatic carbocycles. The number of nitrogen functional groups attached to an aromatic ring is 1. The van der Waals surface area contributed by atoms with Gasteiger partial charge < -0.3 is 20.3 Å². The maximum absolute atomic E-state index is 12.7. The Morgan fingerprint density at radius 3 is 2.59 bits per heavy atom. The lowest BCUT2D eigenvalue weighted by Gasteiger charge is -2.28. The van der Waals surface area contributed by atoms with Gasteiger partial charge in [-0.25, -0.2) is 23.1 Å². The highest BCUT2D eigenvalue weighted by Gasteiger charge is 2.25. The van der Waals surface area contributed by atoms with E-state index >= 15 is 0 Å². The lowest BCUT2D eigenvalue weighted by Crippen LogP contribution is -2.31. The third kappa shape index (κ3) is 5.41. The summed E-state index contributed by atoms with van der Waals surface area (Å²) in [6.45, 7) is 5.07. The molecule has 0 saturated carbocycles. The summed E-state index contributed by atoms with van der Waals surface area (Å²) in [6, 6.07) is 5.90. The minimum atomic E-state index is -3.75. The molecule has 37 heavy (non-hydrogen) atoms. The van der Waals surface area contributed by atoms with Crippen LogP contribution in [0.3, 0.4) is 0 Å². The van der Waals surface area contributed by atoms with Crippen LogP contribution < -0.4 is 20.1 Å². The molecule has 0 aliphatic carbocycles. The van der Waals surface area contributed by atoms with Crippen LogP contribution >= 0.6 is 0 Å². The fourth-order valence-corrected chi connectivity index (χ4v) is 5.70. The predicted molar refractivity (Wildman–Crippen MR) is 142 cm³/mol. The Labute approximate surface area is 217 Å². The van der Waals surface area contributed by atoms with Gasteiger partial charge in [-0.15, -0.1) is 0 Å². The third-order valence-electron chi connectivity index (χ3n) is 7.26. The number of likely N-dealkylation sites (tertiary alicyclic amines) is 1. The molecule has 3 aromatic heterocycles. The second kappa shape index (κ2) is 10.3. The number of rotatable bonds is 7. The molecule has 2 fully saturated rings. The van der Waals surface area contributed by atoms with Crippen LogP contribution in [0.15, 0.2) is 41.8 Å². The zero-order valence-electron chi connectivity index (χ0n) is 21.5. The van der Waals surface area contributed by atoms with Gasteiger partial charge in [-0.1, -0.05) is 0 Å². The predicted octanol–water partition coefficient (Wildman–Crippen LogP) is 2.88. The quantitative estimate of drug-likeness (QED) is 0.477. The van der Waals surface area contributed by atoms with Crippen LogP contribution in [0.25, 0.3) is 11.3 Å². The van der Waals surface area contributed by atoms with E-state index in [0.717, 1.165) is 51.0 Å². The lowest BCUT2D eigenvalue weighted by atomic mass is 10.1. The van der Waals surface area contributed by atoms with Gasteiger partial charge in [0.15, 0.2) is 22.3 Å². The van der Waals surface area contributed by atoms with E-state index in [0.29, 0.717) is 34.8 Å². The molecule has 0 radical (unpaired) electrons. The van der Waals surface area contributed by atoms with E-state index in [2.05, 4.69) is 43.6 Å². The van der Waals surface area contributed by atoms with E-state index in [1.807, 2.05) is 16.9 Å². The fraction of sp³-hybridized carbons (Fsp3) is 0.480. The smallest absolute Gasteiger partial charge is 0.257 e. The number of aromatic nitrogens is 4. The van der Waals surface area contributed by atoms with E-state index in [1.165, 1.54) is 7.05 Å². The molecule has 0 unspecified atom stereocenters. The van der Waals surface area contributed by atoms with Crippen molar-refractivity contribution in [2.75, 3.05) is 44.4 Å². The summed E-state index contributed by atoms with van der Waals surface area (Å²) in [6.07, 6.45) is 9.32. The number of nitrogens with one attached hydrogen (secondary N) is 1. The number of hydrogen-bond donors (Lipinski definition) is 2. The Hall–Kier alpha value is -3.22.